The molecule has 0 saturated heterocycles. The zero-order chi connectivity index (χ0) is 14.8. The van der Waals surface area contributed by atoms with Crippen molar-refractivity contribution in [2.24, 2.45) is 0 Å². The van der Waals surface area contributed by atoms with Crippen LogP contribution in [0.3, 0.4) is 0 Å². The standard InChI is InChI=1S/C17H24N2S/c1-12(2)15-10-13(16(20-15)17(3,4)5)11-19-14-6-8-18-9-7-14/h6-10,12H,11H2,1-5H3,(H,18,19). The number of nitrogens with one attached hydrogen (secondary N) is 1. The van der Waals surface area contributed by atoms with Crippen molar-refractivity contribution >= 4 is 17.0 Å². The van der Waals surface area contributed by atoms with Crippen LogP contribution < -0.4 is 5.32 Å². The summed E-state index contributed by atoms with van der Waals surface area (Å²) >= 11 is 1.96. The summed E-state index contributed by atoms with van der Waals surface area (Å²) in [4.78, 5) is 7.01. The highest BCUT2D eigenvalue weighted by Gasteiger charge is 2.22. The van der Waals surface area contributed by atoms with Crippen molar-refractivity contribution < 1.29 is 0 Å². The topological polar surface area (TPSA) is 24.9 Å². The first-order valence-electron chi connectivity index (χ1n) is 7.15. The summed E-state index contributed by atoms with van der Waals surface area (Å²) in [5, 5.41) is 3.49. The molecule has 0 aliphatic carbocycles. The Hall–Kier alpha value is -1.35. The Kier molecular flexibility index (Phi) is 4.48. The van der Waals surface area contributed by atoms with Gasteiger partial charge in [0.05, 0.1) is 0 Å². The van der Waals surface area contributed by atoms with E-state index < -0.39 is 0 Å². The molecule has 0 aliphatic heterocycles. The Balaban J connectivity index is 2.22. The lowest BCUT2D eigenvalue weighted by molar-refractivity contribution is 0.598. The summed E-state index contributed by atoms with van der Waals surface area (Å²) in [6, 6.07) is 6.38. The van der Waals surface area contributed by atoms with Gasteiger partial charge in [-0.05, 0) is 35.1 Å². The quantitative estimate of drug-likeness (QED) is 0.839. The van der Waals surface area contributed by atoms with Crippen LogP contribution in [0.2, 0.25) is 0 Å². The second-order valence-corrected chi connectivity index (χ2v) is 7.58. The minimum absolute atomic E-state index is 0.201. The van der Waals surface area contributed by atoms with Gasteiger partial charge < -0.3 is 5.32 Å². The van der Waals surface area contributed by atoms with Crippen LogP contribution in [0.5, 0.6) is 0 Å². The Labute approximate surface area is 126 Å². The number of nitrogens with zero attached hydrogens (tertiary/aromatic N) is 1. The Morgan fingerprint density at radius 2 is 1.85 bits per heavy atom. The molecule has 108 valence electrons. The van der Waals surface area contributed by atoms with Crippen molar-refractivity contribution in [3.63, 3.8) is 0 Å². The summed E-state index contributed by atoms with van der Waals surface area (Å²) in [5.74, 6) is 0.593. The van der Waals surface area contributed by atoms with Crippen LogP contribution in [-0.2, 0) is 12.0 Å². The van der Waals surface area contributed by atoms with Gasteiger partial charge in [-0.15, -0.1) is 11.3 Å². The van der Waals surface area contributed by atoms with Gasteiger partial charge in [0.2, 0.25) is 0 Å². The lowest BCUT2D eigenvalue weighted by atomic mass is 9.91. The lowest BCUT2D eigenvalue weighted by Gasteiger charge is -2.19. The first kappa shape index (κ1) is 15.0. The lowest BCUT2D eigenvalue weighted by Crippen LogP contribution is -2.13. The van der Waals surface area contributed by atoms with Crippen LogP contribution in [0.25, 0.3) is 0 Å². The van der Waals surface area contributed by atoms with E-state index in [1.165, 1.54) is 15.3 Å². The van der Waals surface area contributed by atoms with E-state index in [0.717, 1.165) is 12.2 Å². The van der Waals surface area contributed by atoms with Crippen molar-refractivity contribution in [3.8, 4) is 0 Å². The highest BCUT2D eigenvalue weighted by Crippen LogP contribution is 2.37. The third-order valence-corrected chi connectivity index (χ3v) is 5.15. The van der Waals surface area contributed by atoms with Gasteiger partial charge in [-0.3, -0.25) is 4.98 Å². The van der Waals surface area contributed by atoms with Crippen molar-refractivity contribution in [3.05, 3.63) is 45.9 Å². The Morgan fingerprint density at radius 1 is 1.20 bits per heavy atom. The van der Waals surface area contributed by atoms with E-state index in [4.69, 9.17) is 0 Å². The summed E-state index contributed by atoms with van der Waals surface area (Å²) in [5.41, 5.74) is 2.74. The van der Waals surface area contributed by atoms with Crippen LogP contribution in [0.15, 0.2) is 30.6 Å². The highest BCUT2D eigenvalue weighted by molar-refractivity contribution is 7.12. The maximum Gasteiger partial charge on any atom is 0.0412 e. The first-order chi connectivity index (χ1) is 9.38. The molecule has 20 heavy (non-hydrogen) atoms. The number of hydrogen-bond donors (Lipinski definition) is 1. The molecule has 0 unspecified atom stereocenters. The van der Waals surface area contributed by atoms with Gasteiger partial charge in [0.1, 0.15) is 0 Å². The molecule has 0 bridgehead atoms. The highest BCUT2D eigenvalue weighted by atomic mass is 32.1. The Morgan fingerprint density at radius 3 is 2.40 bits per heavy atom. The van der Waals surface area contributed by atoms with Gasteiger partial charge in [-0.1, -0.05) is 34.6 Å². The van der Waals surface area contributed by atoms with E-state index in [-0.39, 0.29) is 5.41 Å². The third kappa shape index (κ3) is 3.60. The van der Waals surface area contributed by atoms with Gasteiger partial charge in [-0.2, -0.15) is 0 Å². The monoisotopic (exact) mass is 288 g/mol. The zero-order valence-electron chi connectivity index (χ0n) is 13.0. The molecule has 0 saturated carbocycles. The molecule has 2 rings (SSSR count). The van der Waals surface area contributed by atoms with E-state index in [2.05, 4.69) is 51.0 Å². The second-order valence-electron chi connectivity index (χ2n) is 6.50. The second kappa shape index (κ2) is 5.96. The first-order valence-corrected chi connectivity index (χ1v) is 7.96. The predicted octanol–water partition coefficient (Wildman–Crippen LogP) is 5.18. The van der Waals surface area contributed by atoms with Crippen LogP contribution >= 0.6 is 11.3 Å². The molecule has 0 atom stereocenters. The van der Waals surface area contributed by atoms with Crippen molar-refractivity contribution in [2.75, 3.05) is 5.32 Å². The average Bonchev–Trinajstić information content (AvgIpc) is 2.82. The molecule has 1 N–H and O–H groups in total. The van der Waals surface area contributed by atoms with Crippen LogP contribution in [-0.4, -0.2) is 4.98 Å². The summed E-state index contributed by atoms with van der Waals surface area (Å²) in [7, 11) is 0. The molecular weight excluding hydrogens is 264 g/mol. The minimum atomic E-state index is 0.201. The molecule has 0 aliphatic rings. The van der Waals surface area contributed by atoms with E-state index in [1.807, 2.05) is 35.9 Å². The molecule has 0 spiro atoms. The fraction of sp³-hybridized carbons (Fsp3) is 0.471. The van der Waals surface area contributed by atoms with Crippen molar-refractivity contribution in [1.29, 1.82) is 0 Å². The molecule has 0 fully saturated rings. The molecule has 2 heterocycles. The molecule has 0 radical (unpaired) electrons. The van der Waals surface area contributed by atoms with Crippen LogP contribution in [0.1, 0.15) is 55.9 Å². The van der Waals surface area contributed by atoms with Gasteiger partial charge in [0, 0.05) is 34.4 Å². The van der Waals surface area contributed by atoms with Gasteiger partial charge in [0.15, 0.2) is 0 Å². The van der Waals surface area contributed by atoms with Crippen LogP contribution in [0, 0.1) is 0 Å². The number of rotatable bonds is 4. The van der Waals surface area contributed by atoms with Crippen molar-refractivity contribution in [2.45, 2.75) is 52.5 Å². The smallest absolute Gasteiger partial charge is 0.0412 e. The molecular formula is C17H24N2S. The fourth-order valence-electron chi connectivity index (χ4n) is 2.17. The van der Waals surface area contributed by atoms with Gasteiger partial charge in [-0.25, -0.2) is 0 Å². The number of anilines is 1. The molecule has 2 nitrogen and oxygen atoms in total. The van der Waals surface area contributed by atoms with E-state index in [1.54, 1.807) is 0 Å². The molecule has 2 aromatic rings. The molecule has 3 heteroatoms. The largest absolute Gasteiger partial charge is 0.381 e. The SMILES string of the molecule is CC(C)c1cc(CNc2ccncc2)c(C(C)(C)C)s1. The number of pyridine rings is 1. The Bertz CT molecular complexity index is 550. The number of aromatic nitrogens is 1. The fourth-order valence-corrected chi connectivity index (χ4v) is 3.41. The third-order valence-electron chi connectivity index (χ3n) is 3.24. The van der Waals surface area contributed by atoms with Gasteiger partial charge in [0.25, 0.3) is 0 Å². The zero-order valence-corrected chi connectivity index (χ0v) is 13.8. The normalized spacial score (nSPS) is 11.9. The van der Waals surface area contributed by atoms with E-state index >= 15 is 0 Å². The summed E-state index contributed by atoms with van der Waals surface area (Å²) in [6.07, 6.45) is 3.64. The van der Waals surface area contributed by atoms with Crippen molar-refractivity contribution in [1.82, 2.24) is 4.98 Å². The molecule has 2 aromatic heterocycles. The minimum Gasteiger partial charge on any atom is -0.381 e. The van der Waals surface area contributed by atoms with Crippen LogP contribution in [0.4, 0.5) is 5.69 Å². The van der Waals surface area contributed by atoms with Gasteiger partial charge >= 0.3 is 0 Å². The molecule has 0 amide bonds. The van der Waals surface area contributed by atoms with E-state index in [0.29, 0.717) is 5.92 Å². The number of hydrogen-bond acceptors (Lipinski definition) is 3. The number of thiophene rings is 1. The predicted molar refractivity (Wildman–Crippen MR) is 88.7 cm³/mol. The maximum atomic E-state index is 4.05. The summed E-state index contributed by atoms with van der Waals surface area (Å²) in [6.45, 7) is 12.3. The summed E-state index contributed by atoms with van der Waals surface area (Å²) < 4.78 is 0. The maximum absolute atomic E-state index is 4.05. The van der Waals surface area contributed by atoms with E-state index in [9.17, 15) is 0 Å². The molecule has 0 aromatic carbocycles. The average molecular weight is 288 g/mol.